The summed E-state index contributed by atoms with van der Waals surface area (Å²) < 4.78 is 0. The first-order chi connectivity index (χ1) is 16.1. The maximum absolute atomic E-state index is 4.52. The molecule has 1 nitrogen and oxygen atoms in total. The van der Waals surface area contributed by atoms with Gasteiger partial charge in [0, 0.05) is 11.8 Å². The first-order valence-corrected chi connectivity index (χ1v) is 14.5. The van der Waals surface area contributed by atoms with E-state index in [9.17, 15) is 0 Å². The molecule has 0 N–H and O–H groups in total. The topological polar surface area (TPSA) is 12.9 Å². The normalized spacial score (nSPS) is 13.4. The molecule has 4 aromatic carbocycles. The molecule has 0 aliphatic carbocycles. The zero-order valence-corrected chi connectivity index (χ0v) is 19.9. The van der Waals surface area contributed by atoms with Gasteiger partial charge >= 0.3 is 0 Å². The highest BCUT2D eigenvalue weighted by atomic mass is 28.3. The highest BCUT2D eigenvalue weighted by Crippen LogP contribution is 2.33. The second-order valence-corrected chi connectivity index (χ2v) is 13.6. The van der Waals surface area contributed by atoms with Crippen LogP contribution in [-0.2, 0) is 0 Å². The number of hydrogen-bond donors (Lipinski definition) is 0. The molecule has 1 aliphatic rings. The lowest BCUT2D eigenvalue weighted by Gasteiger charge is -2.18. The average molecular weight is 440 g/mol. The third-order valence-corrected chi connectivity index (χ3v) is 10.5. The Hall–Kier alpha value is -3.75. The van der Waals surface area contributed by atoms with Crippen LogP contribution in [0.2, 0.25) is 13.1 Å². The van der Waals surface area contributed by atoms with E-state index >= 15 is 0 Å². The lowest BCUT2D eigenvalue weighted by atomic mass is 9.95. The van der Waals surface area contributed by atoms with Crippen molar-refractivity contribution < 1.29 is 0 Å². The van der Waals surface area contributed by atoms with Crippen LogP contribution in [0.1, 0.15) is 0 Å². The summed E-state index contributed by atoms with van der Waals surface area (Å²) in [7, 11) is -1.61. The van der Waals surface area contributed by atoms with Crippen LogP contribution < -0.4 is 10.4 Å². The quantitative estimate of drug-likeness (QED) is 0.279. The number of benzene rings is 4. The van der Waals surface area contributed by atoms with Gasteiger partial charge in [0.25, 0.3) is 0 Å². The minimum atomic E-state index is -1.61. The number of pyridine rings is 1. The summed E-state index contributed by atoms with van der Waals surface area (Å²) in [6.07, 6.45) is 1.85. The Morgan fingerprint density at radius 2 is 1.09 bits per heavy atom. The molecule has 0 bridgehead atoms. The van der Waals surface area contributed by atoms with Crippen molar-refractivity contribution >= 4 is 18.4 Å². The molecular formula is C31H25NSi. The van der Waals surface area contributed by atoms with E-state index in [0.29, 0.717) is 0 Å². The van der Waals surface area contributed by atoms with Crippen LogP contribution in [0.5, 0.6) is 0 Å². The molecule has 0 saturated carbocycles. The molecule has 2 heteroatoms. The summed E-state index contributed by atoms with van der Waals surface area (Å²) in [5, 5.41) is 3.10. The van der Waals surface area contributed by atoms with Crippen LogP contribution in [0.15, 0.2) is 115 Å². The van der Waals surface area contributed by atoms with Crippen LogP contribution in [0.3, 0.4) is 0 Å². The zero-order valence-electron chi connectivity index (χ0n) is 18.9. The molecule has 5 aromatic rings. The Balaban J connectivity index is 1.42. The third-order valence-electron chi connectivity index (χ3n) is 6.94. The van der Waals surface area contributed by atoms with E-state index in [0.717, 1.165) is 11.3 Å². The van der Waals surface area contributed by atoms with Gasteiger partial charge in [-0.1, -0.05) is 92.0 Å². The fraction of sp³-hybridized carbons (Fsp3) is 0.0645. The smallest absolute Gasteiger partial charge is 0.113 e. The van der Waals surface area contributed by atoms with Gasteiger partial charge < -0.3 is 0 Å². The highest BCUT2D eigenvalue weighted by molar-refractivity contribution is 7.03. The average Bonchev–Trinajstić information content (AvgIpc) is 3.11. The summed E-state index contributed by atoms with van der Waals surface area (Å²) in [5.74, 6) is 0. The molecule has 0 unspecified atom stereocenters. The molecule has 0 radical (unpaired) electrons. The molecule has 2 heterocycles. The van der Waals surface area contributed by atoms with Crippen molar-refractivity contribution in [1.29, 1.82) is 0 Å². The molecular weight excluding hydrogens is 414 g/mol. The molecule has 1 aliphatic heterocycles. The fourth-order valence-corrected chi connectivity index (χ4v) is 8.24. The second-order valence-electron chi connectivity index (χ2n) is 9.31. The minimum absolute atomic E-state index is 1.000. The zero-order chi connectivity index (χ0) is 22.4. The van der Waals surface area contributed by atoms with Crippen LogP contribution >= 0.6 is 0 Å². The van der Waals surface area contributed by atoms with Gasteiger partial charge in [-0.05, 0) is 74.1 Å². The number of rotatable bonds is 3. The van der Waals surface area contributed by atoms with E-state index in [1.807, 2.05) is 18.3 Å². The van der Waals surface area contributed by atoms with Gasteiger partial charge in [0.1, 0.15) is 8.07 Å². The summed E-state index contributed by atoms with van der Waals surface area (Å²) in [6.45, 7) is 4.93. The monoisotopic (exact) mass is 439 g/mol. The van der Waals surface area contributed by atoms with E-state index in [4.69, 9.17) is 0 Å². The van der Waals surface area contributed by atoms with Crippen molar-refractivity contribution in [3.8, 4) is 44.6 Å². The second kappa shape index (κ2) is 7.68. The molecule has 0 spiro atoms. The van der Waals surface area contributed by atoms with Crippen molar-refractivity contribution in [2.75, 3.05) is 0 Å². The van der Waals surface area contributed by atoms with Gasteiger partial charge in [-0.15, -0.1) is 0 Å². The standard InChI is InChI=1S/C31H25NSi/c1-33(2)30-15-4-3-13-27(30)28-21-25(16-17-31(28)33)23-10-7-9-22(19-23)24-11-8-12-26(20-24)29-14-5-6-18-32-29/h3-21H,1-2H3. The van der Waals surface area contributed by atoms with E-state index < -0.39 is 8.07 Å². The molecule has 0 saturated heterocycles. The molecule has 33 heavy (non-hydrogen) atoms. The van der Waals surface area contributed by atoms with Gasteiger partial charge in [-0.2, -0.15) is 0 Å². The van der Waals surface area contributed by atoms with Crippen LogP contribution in [-0.4, -0.2) is 13.1 Å². The van der Waals surface area contributed by atoms with Gasteiger partial charge in [0.05, 0.1) is 5.69 Å². The summed E-state index contributed by atoms with van der Waals surface area (Å²) in [4.78, 5) is 4.52. The lowest BCUT2D eigenvalue weighted by molar-refractivity contribution is 1.33. The predicted molar refractivity (Wildman–Crippen MR) is 143 cm³/mol. The summed E-state index contributed by atoms with van der Waals surface area (Å²) in [5.41, 5.74) is 9.94. The van der Waals surface area contributed by atoms with E-state index in [2.05, 4.69) is 115 Å². The van der Waals surface area contributed by atoms with Gasteiger partial charge in [0.2, 0.25) is 0 Å². The van der Waals surface area contributed by atoms with E-state index in [1.165, 1.54) is 33.4 Å². The molecule has 0 amide bonds. The Morgan fingerprint density at radius 3 is 1.82 bits per heavy atom. The summed E-state index contributed by atoms with van der Waals surface area (Å²) >= 11 is 0. The Morgan fingerprint density at radius 1 is 0.485 bits per heavy atom. The number of nitrogens with zero attached hydrogens (tertiary/aromatic N) is 1. The Kier molecular flexibility index (Phi) is 4.63. The van der Waals surface area contributed by atoms with E-state index in [1.54, 1.807) is 10.4 Å². The Bertz CT molecular complexity index is 1480. The maximum atomic E-state index is 4.52. The van der Waals surface area contributed by atoms with Crippen LogP contribution in [0, 0.1) is 0 Å². The molecule has 0 fully saturated rings. The predicted octanol–water partition coefficient (Wildman–Crippen LogP) is 6.89. The van der Waals surface area contributed by atoms with Crippen molar-refractivity contribution in [2.24, 2.45) is 0 Å². The first-order valence-electron chi connectivity index (χ1n) is 11.5. The summed E-state index contributed by atoms with van der Waals surface area (Å²) in [6, 6.07) is 39.6. The van der Waals surface area contributed by atoms with Crippen LogP contribution in [0.25, 0.3) is 44.6 Å². The first kappa shape index (κ1) is 19.9. The van der Waals surface area contributed by atoms with Gasteiger partial charge in [-0.3, -0.25) is 4.98 Å². The SMILES string of the molecule is C[Si]1(C)c2ccccc2-c2cc(-c3cccc(-c4cccc(-c5ccccn5)c4)c3)ccc21. The van der Waals surface area contributed by atoms with Crippen molar-refractivity contribution in [1.82, 2.24) is 4.98 Å². The van der Waals surface area contributed by atoms with Crippen molar-refractivity contribution in [3.05, 3.63) is 115 Å². The highest BCUT2D eigenvalue weighted by Gasteiger charge is 2.37. The minimum Gasteiger partial charge on any atom is -0.256 e. The van der Waals surface area contributed by atoms with Gasteiger partial charge in [0.15, 0.2) is 0 Å². The third kappa shape index (κ3) is 3.35. The number of hydrogen-bond acceptors (Lipinski definition) is 1. The molecule has 6 rings (SSSR count). The van der Waals surface area contributed by atoms with Crippen LogP contribution in [0.4, 0.5) is 0 Å². The molecule has 1 aromatic heterocycles. The Labute approximate surface area is 196 Å². The van der Waals surface area contributed by atoms with Gasteiger partial charge in [-0.25, -0.2) is 0 Å². The largest absolute Gasteiger partial charge is 0.256 e. The lowest BCUT2D eigenvalue weighted by Crippen LogP contribution is -2.49. The number of fused-ring (bicyclic) bond motifs is 3. The molecule has 158 valence electrons. The number of aromatic nitrogens is 1. The maximum Gasteiger partial charge on any atom is 0.113 e. The van der Waals surface area contributed by atoms with Crippen molar-refractivity contribution in [2.45, 2.75) is 13.1 Å². The van der Waals surface area contributed by atoms with Crippen molar-refractivity contribution in [3.63, 3.8) is 0 Å². The fourth-order valence-electron chi connectivity index (χ4n) is 5.17. The van der Waals surface area contributed by atoms with E-state index in [-0.39, 0.29) is 0 Å². The molecule has 0 atom stereocenters.